The number of phenols is 9. The number of carbonyl (C=O) groups excluding carboxylic acids is 4. The predicted molar refractivity (Wildman–Crippen MR) is 170 cm³/mol. The van der Waals surface area contributed by atoms with E-state index in [1.165, 1.54) is 24.3 Å². The van der Waals surface area contributed by atoms with Gasteiger partial charge < -0.3 is 74.7 Å². The van der Waals surface area contributed by atoms with Crippen LogP contribution >= 0.6 is 0 Å². The molecule has 278 valence electrons. The van der Waals surface area contributed by atoms with Gasteiger partial charge in [0.15, 0.2) is 76.3 Å². The Balaban J connectivity index is 1.55. The summed E-state index contributed by atoms with van der Waals surface area (Å²) in [6.07, 6.45) is -10.3. The Morgan fingerprint density at radius 3 is 1.28 bits per heavy atom. The van der Waals surface area contributed by atoms with Crippen LogP contribution < -0.4 is 0 Å². The van der Waals surface area contributed by atoms with E-state index in [1.807, 2.05) is 0 Å². The lowest BCUT2D eigenvalue weighted by molar-refractivity contribution is -0.284. The number of carbonyl (C=O) groups is 4. The standard InChI is InChI=1S/C34H28O19/c35-17-6-14(7-18(36)24(17)41)30(44)49-12-23-27(51-32(46)15-8-19(37)25(42)20(38)9-15)28(52-33(47)16-10-21(39)26(43)22(40)11-16)29(34(48)50-23)53-31(45)13-4-2-1-3-5-13/h1-11,23,27-29,34-43,48H,12H2/t23-,27-,28+,29-,34+/m1/s1. The first-order valence-electron chi connectivity index (χ1n) is 15.0. The molecule has 53 heavy (non-hydrogen) atoms. The molecule has 10 N–H and O–H groups in total. The summed E-state index contributed by atoms with van der Waals surface area (Å²) in [5, 5.41) is 99.7. The lowest BCUT2D eigenvalue weighted by Crippen LogP contribution is -2.62. The van der Waals surface area contributed by atoms with Crippen LogP contribution in [0.25, 0.3) is 0 Å². The lowest BCUT2D eigenvalue weighted by Gasteiger charge is -2.42. The number of benzene rings is 4. The zero-order valence-electron chi connectivity index (χ0n) is 26.6. The Labute approximate surface area is 295 Å². The van der Waals surface area contributed by atoms with E-state index in [-0.39, 0.29) is 5.56 Å². The minimum absolute atomic E-state index is 0.0711. The minimum Gasteiger partial charge on any atom is -0.504 e. The molecule has 0 saturated carbocycles. The molecule has 4 aromatic rings. The highest BCUT2D eigenvalue weighted by molar-refractivity contribution is 5.93. The van der Waals surface area contributed by atoms with Gasteiger partial charge in [0, 0.05) is 0 Å². The highest BCUT2D eigenvalue weighted by Gasteiger charge is 2.53. The molecular formula is C34H28O19. The number of rotatable bonds is 9. The molecule has 1 aliphatic rings. The average molecular weight is 741 g/mol. The molecule has 1 fully saturated rings. The fourth-order valence-corrected chi connectivity index (χ4v) is 4.99. The molecule has 0 amide bonds. The molecule has 1 aliphatic heterocycles. The van der Waals surface area contributed by atoms with E-state index in [2.05, 4.69) is 0 Å². The zero-order valence-corrected chi connectivity index (χ0v) is 26.6. The van der Waals surface area contributed by atoms with Gasteiger partial charge in [0.05, 0.1) is 22.3 Å². The number of aromatic hydroxyl groups is 9. The van der Waals surface area contributed by atoms with E-state index in [0.29, 0.717) is 24.3 Å². The summed E-state index contributed by atoms with van der Waals surface area (Å²) >= 11 is 0. The zero-order chi connectivity index (χ0) is 38.7. The number of aliphatic hydroxyl groups excluding tert-OH is 1. The van der Waals surface area contributed by atoms with Gasteiger partial charge >= 0.3 is 23.9 Å². The summed E-state index contributed by atoms with van der Waals surface area (Å²) < 4.78 is 27.2. The van der Waals surface area contributed by atoms with Crippen LogP contribution in [0.2, 0.25) is 0 Å². The average Bonchev–Trinajstić information content (AvgIpc) is 3.12. The minimum atomic E-state index is -2.25. The molecule has 19 heteroatoms. The molecule has 0 aliphatic carbocycles. The maximum absolute atomic E-state index is 13.4. The van der Waals surface area contributed by atoms with Crippen LogP contribution in [0.1, 0.15) is 41.4 Å². The Hall–Kier alpha value is -7.12. The first-order chi connectivity index (χ1) is 25.0. The van der Waals surface area contributed by atoms with Crippen LogP contribution in [0.5, 0.6) is 51.7 Å². The highest BCUT2D eigenvalue weighted by atomic mass is 16.7. The smallest absolute Gasteiger partial charge is 0.338 e. The van der Waals surface area contributed by atoms with Crippen molar-refractivity contribution < 1.29 is 93.9 Å². The molecule has 1 saturated heterocycles. The van der Waals surface area contributed by atoms with Crippen molar-refractivity contribution in [3.63, 3.8) is 0 Å². The van der Waals surface area contributed by atoms with Gasteiger partial charge in [-0.15, -0.1) is 0 Å². The van der Waals surface area contributed by atoms with Crippen molar-refractivity contribution >= 4 is 23.9 Å². The molecule has 0 bridgehead atoms. The summed E-state index contributed by atoms with van der Waals surface area (Å²) in [6, 6.07) is 11.3. The normalized spacial score (nSPS) is 19.5. The molecule has 0 radical (unpaired) electrons. The fourth-order valence-electron chi connectivity index (χ4n) is 4.99. The second-order valence-corrected chi connectivity index (χ2v) is 11.2. The van der Waals surface area contributed by atoms with Crippen molar-refractivity contribution in [3.05, 3.63) is 89.0 Å². The molecule has 0 aromatic heterocycles. The molecule has 0 spiro atoms. The highest BCUT2D eigenvalue weighted by Crippen LogP contribution is 2.39. The molecule has 4 aromatic carbocycles. The Bertz CT molecular complexity index is 1990. The van der Waals surface area contributed by atoms with Gasteiger partial charge in [0.1, 0.15) is 12.7 Å². The number of phenolic OH excluding ortho intramolecular Hbond substituents is 9. The van der Waals surface area contributed by atoms with Crippen LogP contribution in [-0.2, 0) is 23.7 Å². The first kappa shape index (κ1) is 37.1. The van der Waals surface area contributed by atoms with E-state index in [4.69, 9.17) is 23.7 Å². The van der Waals surface area contributed by atoms with Crippen LogP contribution in [0.3, 0.4) is 0 Å². The van der Waals surface area contributed by atoms with Gasteiger partial charge in [-0.1, -0.05) is 18.2 Å². The van der Waals surface area contributed by atoms with E-state index in [0.717, 1.165) is 12.1 Å². The van der Waals surface area contributed by atoms with Gasteiger partial charge in [-0.2, -0.15) is 0 Å². The van der Waals surface area contributed by atoms with Crippen molar-refractivity contribution in [2.24, 2.45) is 0 Å². The summed E-state index contributed by atoms with van der Waals surface area (Å²) in [6.45, 7) is -0.990. The molecule has 5 atom stereocenters. The van der Waals surface area contributed by atoms with Crippen molar-refractivity contribution in [2.75, 3.05) is 6.61 Å². The quantitative estimate of drug-likeness (QED) is 0.0661. The number of ether oxygens (including phenoxy) is 5. The second kappa shape index (κ2) is 15.0. The summed E-state index contributed by atoms with van der Waals surface area (Å²) in [7, 11) is 0. The SMILES string of the molecule is O=C(OC[C@H]1O[C@H](O)[C@H](OC(=O)c2ccccc2)[C@@H](OC(=O)c2cc(O)c(O)c(O)c2)[C@@H]1OC(=O)c1cc(O)c(O)c(O)c1)c1cc(O)c(O)c(O)c1. The summed E-state index contributed by atoms with van der Waals surface area (Å²) in [5.41, 5.74) is -1.83. The van der Waals surface area contributed by atoms with E-state index in [9.17, 15) is 70.2 Å². The summed E-state index contributed by atoms with van der Waals surface area (Å²) in [4.78, 5) is 52.9. The monoisotopic (exact) mass is 740 g/mol. The van der Waals surface area contributed by atoms with E-state index in [1.54, 1.807) is 6.07 Å². The van der Waals surface area contributed by atoms with Crippen LogP contribution in [0.4, 0.5) is 0 Å². The third-order valence-corrected chi connectivity index (χ3v) is 7.64. The van der Waals surface area contributed by atoms with E-state index >= 15 is 0 Å². The van der Waals surface area contributed by atoms with Gasteiger partial charge in [0.25, 0.3) is 0 Å². The van der Waals surface area contributed by atoms with Crippen LogP contribution in [0.15, 0.2) is 66.7 Å². The molecule has 5 rings (SSSR count). The lowest BCUT2D eigenvalue weighted by atomic mass is 9.97. The first-order valence-corrected chi connectivity index (χ1v) is 15.0. The summed E-state index contributed by atoms with van der Waals surface area (Å²) in [5.74, 6) is -13.9. The second-order valence-electron chi connectivity index (χ2n) is 11.2. The molecule has 0 unspecified atom stereocenters. The fraction of sp³-hybridized carbons (Fsp3) is 0.176. The van der Waals surface area contributed by atoms with Crippen molar-refractivity contribution in [2.45, 2.75) is 30.7 Å². The van der Waals surface area contributed by atoms with Gasteiger partial charge in [0.2, 0.25) is 0 Å². The van der Waals surface area contributed by atoms with Gasteiger partial charge in [-0.25, -0.2) is 19.2 Å². The third-order valence-electron chi connectivity index (χ3n) is 7.64. The van der Waals surface area contributed by atoms with Gasteiger partial charge in [-0.05, 0) is 48.5 Å². The number of hydrogen-bond donors (Lipinski definition) is 10. The maximum Gasteiger partial charge on any atom is 0.338 e. The Morgan fingerprint density at radius 2 is 0.849 bits per heavy atom. The third kappa shape index (κ3) is 7.95. The molecule has 19 nitrogen and oxygen atoms in total. The maximum atomic E-state index is 13.4. The number of hydrogen-bond acceptors (Lipinski definition) is 19. The molecular weight excluding hydrogens is 712 g/mol. The largest absolute Gasteiger partial charge is 0.504 e. The van der Waals surface area contributed by atoms with Crippen molar-refractivity contribution in [3.8, 4) is 51.7 Å². The number of esters is 4. The molecule has 1 heterocycles. The predicted octanol–water partition coefficient (Wildman–Crippen LogP) is 1.59. The Kier molecular flexibility index (Phi) is 10.5. The topological polar surface area (TPSA) is 317 Å². The van der Waals surface area contributed by atoms with E-state index < -0.39 is 130 Å². The number of aliphatic hydroxyl groups is 1. The van der Waals surface area contributed by atoms with Crippen molar-refractivity contribution in [1.82, 2.24) is 0 Å². The van der Waals surface area contributed by atoms with Gasteiger partial charge in [-0.3, -0.25) is 0 Å². The van der Waals surface area contributed by atoms with Crippen molar-refractivity contribution in [1.29, 1.82) is 0 Å². The van der Waals surface area contributed by atoms with Crippen LogP contribution in [-0.4, -0.2) is 112 Å². The Morgan fingerprint density at radius 1 is 0.491 bits per heavy atom. The van der Waals surface area contributed by atoms with Crippen LogP contribution in [0, 0.1) is 0 Å².